The van der Waals surface area contributed by atoms with Gasteiger partial charge in [0.05, 0.1) is 29.4 Å². The van der Waals surface area contributed by atoms with Gasteiger partial charge in [-0.15, -0.1) is 0 Å². The molecule has 0 bridgehead atoms. The Bertz CT molecular complexity index is 842. The Balaban J connectivity index is 1.51. The number of aromatic nitrogens is 1. The Hall–Kier alpha value is -2.53. The first-order valence-electron chi connectivity index (χ1n) is 9.26. The van der Waals surface area contributed by atoms with Crippen molar-refractivity contribution in [2.75, 3.05) is 25.0 Å². The van der Waals surface area contributed by atoms with Crippen molar-refractivity contribution in [2.24, 2.45) is 5.92 Å². The Labute approximate surface area is 162 Å². The number of benzene rings is 1. The van der Waals surface area contributed by atoms with E-state index in [1.807, 2.05) is 13.8 Å². The van der Waals surface area contributed by atoms with Crippen molar-refractivity contribution in [3.8, 4) is 6.07 Å². The van der Waals surface area contributed by atoms with Gasteiger partial charge in [-0.05, 0) is 63.9 Å². The molecule has 0 aliphatic carbocycles. The Morgan fingerprint density at radius 2 is 2.00 bits per heavy atom. The minimum absolute atomic E-state index is 0.358. The molecule has 3 rings (SSSR count). The third kappa shape index (κ3) is 4.84. The van der Waals surface area contributed by atoms with Crippen LogP contribution >= 0.6 is 0 Å². The normalized spacial score (nSPS) is 16.1. The number of likely N-dealkylation sites (tertiary alicyclic amines) is 1. The predicted molar refractivity (Wildman–Crippen MR) is 98.6 cm³/mol. The summed E-state index contributed by atoms with van der Waals surface area (Å²) in [6.45, 7) is 6.90. The molecule has 150 valence electrons. The fourth-order valence-corrected chi connectivity index (χ4v) is 3.40. The van der Waals surface area contributed by atoms with Crippen LogP contribution in [0.5, 0.6) is 0 Å². The number of nitriles is 1. The number of alkyl halides is 3. The number of anilines is 1. The highest BCUT2D eigenvalue weighted by atomic mass is 19.4. The van der Waals surface area contributed by atoms with Gasteiger partial charge < -0.3 is 9.73 Å². The molecule has 0 amide bonds. The minimum atomic E-state index is -4.54. The van der Waals surface area contributed by atoms with Gasteiger partial charge in [0.2, 0.25) is 5.89 Å². The maximum Gasteiger partial charge on any atom is 0.417 e. The standard InChI is InChI=1S/C20H23F3N4O/c1-13-14(2)28-19(26-13)12-27-7-5-15(6-8-27)11-25-17-4-3-16(10-24)18(9-17)20(21,22)23/h3-4,9,15,25H,5-8,11-12H2,1-2H3. The first-order chi connectivity index (χ1) is 13.3. The Morgan fingerprint density at radius 1 is 1.29 bits per heavy atom. The van der Waals surface area contributed by atoms with Crippen LogP contribution in [0, 0.1) is 31.1 Å². The summed E-state index contributed by atoms with van der Waals surface area (Å²) in [6.07, 6.45) is -2.63. The molecule has 1 aliphatic heterocycles. The average molecular weight is 392 g/mol. The van der Waals surface area contributed by atoms with Crippen LogP contribution < -0.4 is 5.32 Å². The number of piperidine rings is 1. The highest BCUT2D eigenvalue weighted by molar-refractivity contribution is 5.53. The zero-order chi connectivity index (χ0) is 20.3. The lowest BCUT2D eigenvalue weighted by Crippen LogP contribution is -2.35. The molecule has 28 heavy (non-hydrogen) atoms. The SMILES string of the molecule is Cc1nc(CN2CCC(CNc3ccc(C#N)c(C(F)(F)F)c3)CC2)oc1C. The van der Waals surface area contributed by atoms with E-state index in [1.54, 1.807) is 6.07 Å². The van der Waals surface area contributed by atoms with E-state index in [2.05, 4.69) is 15.2 Å². The molecule has 5 nitrogen and oxygen atoms in total. The van der Waals surface area contributed by atoms with Gasteiger partial charge in [0.1, 0.15) is 5.76 Å². The molecule has 0 atom stereocenters. The second-order valence-electron chi connectivity index (χ2n) is 7.22. The number of rotatable bonds is 5. The predicted octanol–water partition coefficient (Wildman–Crippen LogP) is 4.51. The molecule has 1 aliphatic rings. The van der Waals surface area contributed by atoms with E-state index >= 15 is 0 Å². The second-order valence-corrected chi connectivity index (χ2v) is 7.22. The molecular formula is C20H23F3N4O. The fraction of sp³-hybridized carbons (Fsp3) is 0.500. The van der Waals surface area contributed by atoms with E-state index in [4.69, 9.17) is 9.68 Å². The summed E-state index contributed by atoms with van der Waals surface area (Å²) in [5.74, 6) is 1.95. The van der Waals surface area contributed by atoms with E-state index in [1.165, 1.54) is 12.1 Å². The first kappa shape index (κ1) is 20.2. The summed E-state index contributed by atoms with van der Waals surface area (Å²) in [4.78, 5) is 6.69. The maximum atomic E-state index is 13.1. The maximum absolute atomic E-state index is 13.1. The van der Waals surface area contributed by atoms with Crippen LogP contribution in [0.2, 0.25) is 0 Å². The highest BCUT2D eigenvalue weighted by Gasteiger charge is 2.34. The number of hydrogen-bond donors (Lipinski definition) is 1. The molecule has 0 spiro atoms. The summed E-state index contributed by atoms with van der Waals surface area (Å²) in [5.41, 5.74) is 0.0453. The van der Waals surface area contributed by atoms with Crippen molar-refractivity contribution in [1.82, 2.24) is 9.88 Å². The van der Waals surface area contributed by atoms with Crippen LogP contribution in [0.1, 0.15) is 41.3 Å². The Kier molecular flexibility index (Phi) is 5.94. The molecule has 8 heteroatoms. The average Bonchev–Trinajstić information content (AvgIpc) is 2.97. The third-order valence-electron chi connectivity index (χ3n) is 5.18. The summed E-state index contributed by atoms with van der Waals surface area (Å²) in [5, 5.41) is 12.0. The van der Waals surface area contributed by atoms with E-state index in [0.29, 0.717) is 24.7 Å². The van der Waals surface area contributed by atoms with Crippen LogP contribution in [-0.2, 0) is 12.7 Å². The molecule has 1 aromatic heterocycles. The van der Waals surface area contributed by atoms with Gasteiger partial charge in [0.25, 0.3) is 0 Å². The Morgan fingerprint density at radius 3 is 2.57 bits per heavy atom. The van der Waals surface area contributed by atoms with Crippen LogP contribution in [0.4, 0.5) is 18.9 Å². The smallest absolute Gasteiger partial charge is 0.417 e. The van der Waals surface area contributed by atoms with Gasteiger partial charge in [0, 0.05) is 12.2 Å². The molecule has 0 unspecified atom stereocenters. The molecule has 1 N–H and O–H groups in total. The second kappa shape index (κ2) is 8.23. The minimum Gasteiger partial charge on any atom is -0.444 e. The first-order valence-corrected chi connectivity index (χ1v) is 9.26. The zero-order valence-electron chi connectivity index (χ0n) is 15.9. The number of halogens is 3. The molecule has 0 saturated carbocycles. The largest absolute Gasteiger partial charge is 0.444 e. The lowest BCUT2D eigenvalue weighted by molar-refractivity contribution is -0.137. The van der Waals surface area contributed by atoms with Crippen LogP contribution in [-0.4, -0.2) is 29.5 Å². The number of nitrogens with one attached hydrogen (secondary N) is 1. The van der Waals surface area contributed by atoms with Gasteiger partial charge in [-0.25, -0.2) is 4.98 Å². The van der Waals surface area contributed by atoms with E-state index in [0.717, 1.165) is 49.3 Å². The van der Waals surface area contributed by atoms with Gasteiger partial charge in [-0.3, -0.25) is 4.90 Å². The molecule has 2 aromatic rings. The monoisotopic (exact) mass is 392 g/mol. The lowest BCUT2D eigenvalue weighted by atomic mass is 9.96. The van der Waals surface area contributed by atoms with Gasteiger partial charge >= 0.3 is 6.18 Å². The number of oxazole rings is 1. The van der Waals surface area contributed by atoms with Gasteiger partial charge in [-0.1, -0.05) is 0 Å². The summed E-state index contributed by atoms with van der Waals surface area (Å²) in [6, 6.07) is 5.35. The quantitative estimate of drug-likeness (QED) is 0.811. The van der Waals surface area contributed by atoms with Crippen LogP contribution in [0.3, 0.4) is 0 Å². The summed E-state index contributed by atoms with van der Waals surface area (Å²) in [7, 11) is 0. The fourth-order valence-electron chi connectivity index (χ4n) is 3.40. The van der Waals surface area contributed by atoms with E-state index < -0.39 is 11.7 Å². The number of nitrogens with zero attached hydrogens (tertiary/aromatic N) is 3. The van der Waals surface area contributed by atoms with E-state index in [-0.39, 0.29) is 5.56 Å². The molecular weight excluding hydrogens is 369 g/mol. The van der Waals surface area contributed by atoms with Crippen LogP contribution in [0.25, 0.3) is 0 Å². The van der Waals surface area contributed by atoms with Crippen molar-refractivity contribution in [3.63, 3.8) is 0 Å². The van der Waals surface area contributed by atoms with Crippen molar-refractivity contribution < 1.29 is 17.6 Å². The summed E-state index contributed by atoms with van der Waals surface area (Å²) >= 11 is 0. The lowest BCUT2D eigenvalue weighted by Gasteiger charge is -2.31. The van der Waals surface area contributed by atoms with Crippen LogP contribution in [0.15, 0.2) is 22.6 Å². The topological polar surface area (TPSA) is 65.1 Å². The third-order valence-corrected chi connectivity index (χ3v) is 5.18. The molecule has 0 radical (unpaired) electrons. The highest BCUT2D eigenvalue weighted by Crippen LogP contribution is 2.33. The van der Waals surface area contributed by atoms with Gasteiger partial charge in [0.15, 0.2) is 0 Å². The van der Waals surface area contributed by atoms with Gasteiger partial charge in [-0.2, -0.15) is 18.4 Å². The molecule has 2 heterocycles. The summed E-state index contributed by atoms with van der Waals surface area (Å²) < 4.78 is 44.8. The molecule has 1 saturated heterocycles. The van der Waals surface area contributed by atoms with Crippen molar-refractivity contribution in [3.05, 3.63) is 46.7 Å². The molecule has 1 aromatic carbocycles. The van der Waals surface area contributed by atoms with Crippen molar-refractivity contribution >= 4 is 5.69 Å². The molecule has 1 fully saturated rings. The van der Waals surface area contributed by atoms with Crippen molar-refractivity contribution in [2.45, 2.75) is 39.4 Å². The zero-order valence-corrected chi connectivity index (χ0v) is 15.9. The number of hydrogen-bond acceptors (Lipinski definition) is 5. The van der Waals surface area contributed by atoms with E-state index in [9.17, 15) is 13.2 Å². The van der Waals surface area contributed by atoms with Crippen molar-refractivity contribution in [1.29, 1.82) is 5.26 Å². The number of aryl methyl sites for hydroxylation is 2.